The minimum Gasteiger partial charge on any atom is -0.466 e. The summed E-state index contributed by atoms with van der Waals surface area (Å²) in [6, 6.07) is 2.43. The second-order valence-corrected chi connectivity index (χ2v) is 3.95. The summed E-state index contributed by atoms with van der Waals surface area (Å²) >= 11 is 11.5. The molecule has 0 aromatic heterocycles. The van der Waals surface area contributed by atoms with Gasteiger partial charge in [0.2, 0.25) is 0 Å². The van der Waals surface area contributed by atoms with Gasteiger partial charge in [-0.3, -0.25) is 14.9 Å². The molecule has 7 heteroatoms. The molecule has 0 heterocycles. The van der Waals surface area contributed by atoms with E-state index in [9.17, 15) is 14.9 Å². The molecule has 0 aliphatic carbocycles. The fraction of sp³-hybridized carbons (Fsp3) is 0.300. The number of halogens is 2. The van der Waals surface area contributed by atoms with Gasteiger partial charge in [0.25, 0.3) is 5.69 Å². The molecule has 92 valence electrons. The van der Waals surface area contributed by atoms with Crippen LogP contribution in [0.2, 0.25) is 10.0 Å². The van der Waals surface area contributed by atoms with Crippen LogP contribution in [0.3, 0.4) is 0 Å². The maximum Gasteiger partial charge on any atom is 0.310 e. The van der Waals surface area contributed by atoms with Crippen LogP contribution in [0.5, 0.6) is 0 Å². The number of ether oxygens (including phenoxy) is 1. The fourth-order valence-corrected chi connectivity index (χ4v) is 1.74. The number of hydrogen-bond acceptors (Lipinski definition) is 4. The summed E-state index contributed by atoms with van der Waals surface area (Å²) in [6.45, 7) is 1.91. The number of nitro benzene ring substituents is 1. The van der Waals surface area contributed by atoms with Crippen molar-refractivity contribution in [2.75, 3.05) is 6.61 Å². The van der Waals surface area contributed by atoms with Gasteiger partial charge in [-0.05, 0) is 18.6 Å². The largest absolute Gasteiger partial charge is 0.466 e. The van der Waals surface area contributed by atoms with Crippen LogP contribution < -0.4 is 0 Å². The van der Waals surface area contributed by atoms with Gasteiger partial charge in [-0.2, -0.15) is 0 Å². The Morgan fingerprint density at radius 3 is 2.59 bits per heavy atom. The highest BCUT2D eigenvalue weighted by atomic mass is 35.5. The van der Waals surface area contributed by atoms with Crippen LogP contribution >= 0.6 is 23.2 Å². The van der Waals surface area contributed by atoms with E-state index in [1.807, 2.05) is 0 Å². The molecule has 0 bridgehead atoms. The van der Waals surface area contributed by atoms with Crippen LogP contribution in [0.15, 0.2) is 12.1 Å². The molecular formula is C10H9Cl2NO4. The quantitative estimate of drug-likeness (QED) is 0.482. The van der Waals surface area contributed by atoms with Gasteiger partial charge >= 0.3 is 5.97 Å². The van der Waals surface area contributed by atoms with Crippen molar-refractivity contribution in [1.29, 1.82) is 0 Å². The molecule has 0 N–H and O–H groups in total. The molecule has 0 saturated carbocycles. The Morgan fingerprint density at radius 2 is 2.06 bits per heavy atom. The molecule has 0 saturated heterocycles. The van der Waals surface area contributed by atoms with Gasteiger partial charge in [0.15, 0.2) is 0 Å². The number of benzene rings is 1. The van der Waals surface area contributed by atoms with Crippen molar-refractivity contribution in [3.05, 3.63) is 37.9 Å². The fourth-order valence-electron chi connectivity index (χ4n) is 1.22. The van der Waals surface area contributed by atoms with Crippen molar-refractivity contribution in [2.45, 2.75) is 13.3 Å². The molecule has 0 radical (unpaired) electrons. The van der Waals surface area contributed by atoms with Crippen LogP contribution in [-0.4, -0.2) is 17.5 Å². The maximum absolute atomic E-state index is 11.2. The number of nitrogens with zero attached hydrogens (tertiary/aromatic N) is 1. The number of carbonyl (C=O) groups is 1. The number of carbonyl (C=O) groups excluding carboxylic acids is 1. The van der Waals surface area contributed by atoms with Gasteiger partial charge in [0.05, 0.1) is 18.0 Å². The lowest BCUT2D eigenvalue weighted by atomic mass is 10.1. The average molecular weight is 278 g/mol. The molecule has 0 unspecified atom stereocenters. The Kier molecular flexibility index (Phi) is 4.72. The van der Waals surface area contributed by atoms with E-state index in [0.717, 1.165) is 0 Å². The first-order valence-corrected chi connectivity index (χ1v) is 5.49. The third-order valence-corrected chi connectivity index (χ3v) is 2.61. The lowest BCUT2D eigenvalue weighted by Crippen LogP contribution is -2.08. The summed E-state index contributed by atoms with van der Waals surface area (Å²) in [7, 11) is 0. The minimum atomic E-state index is -0.632. The van der Waals surface area contributed by atoms with E-state index >= 15 is 0 Å². The van der Waals surface area contributed by atoms with Gasteiger partial charge in [-0.1, -0.05) is 23.2 Å². The first-order chi connectivity index (χ1) is 7.95. The number of rotatable bonds is 4. The zero-order chi connectivity index (χ0) is 13.0. The zero-order valence-corrected chi connectivity index (χ0v) is 10.4. The molecule has 0 spiro atoms. The van der Waals surface area contributed by atoms with Crippen molar-refractivity contribution in [1.82, 2.24) is 0 Å². The smallest absolute Gasteiger partial charge is 0.310 e. The van der Waals surface area contributed by atoms with E-state index in [-0.39, 0.29) is 28.8 Å². The van der Waals surface area contributed by atoms with E-state index in [1.54, 1.807) is 6.92 Å². The van der Waals surface area contributed by atoms with Crippen molar-refractivity contribution in [2.24, 2.45) is 0 Å². The first kappa shape index (κ1) is 13.7. The van der Waals surface area contributed by atoms with E-state index < -0.39 is 10.9 Å². The third kappa shape index (κ3) is 3.57. The Labute approximate surface area is 107 Å². The third-order valence-electron chi connectivity index (χ3n) is 1.95. The Morgan fingerprint density at radius 1 is 1.41 bits per heavy atom. The topological polar surface area (TPSA) is 69.4 Å². The predicted octanol–water partition coefficient (Wildman–Crippen LogP) is 3.01. The van der Waals surface area contributed by atoms with Crippen molar-refractivity contribution >= 4 is 34.9 Å². The molecule has 17 heavy (non-hydrogen) atoms. The van der Waals surface area contributed by atoms with Crippen LogP contribution in [0, 0.1) is 10.1 Å². The number of hydrogen-bond donors (Lipinski definition) is 0. The van der Waals surface area contributed by atoms with Crippen LogP contribution in [0.1, 0.15) is 12.5 Å². The standard InChI is InChI=1S/C10H9Cl2NO4/c1-2-17-10(14)4-6-3-9(13(15)16)8(12)5-7(6)11/h3,5H,2,4H2,1H3. The SMILES string of the molecule is CCOC(=O)Cc1cc([N+](=O)[O-])c(Cl)cc1Cl. The van der Waals surface area contributed by atoms with E-state index in [1.165, 1.54) is 12.1 Å². The van der Waals surface area contributed by atoms with Crippen LogP contribution in [0.25, 0.3) is 0 Å². The van der Waals surface area contributed by atoms with Crippen molar-refractivity contribution < 1.29 is 14.5 Å². The molecule has 5 nitrogen and oxygen atoms in total. The molecule has 1 aromatic rings. The summed E-state index contributed by atoms with van der Waals surface area (Å²) in [5.41, 5.74) is 0.0385. The monoisotopic (exact) mass is 277 g/mol. The summed E-state index contributed by atoms with van der Waals surface area (Å²) in [5, 5.41) is 10.8. The van der Waals surface area contributed by atoms with E-state index in [4.69, 9.17) is 27.9 Å². The molecule has 1 aromatic carbocycles. The molecule has 0 aliphatic heterocycles. The molecule has 0 amide bonds. The highest BCUT2D eigenvalue weighted by molar-refractivity contribution is 6.36. The van der Waals surface area contributed by atoms with Gasteiger partial charge in [-0.25, -0.2) is 0 Å². The van der Waals surface area contributed by atoms with Gasteiger partial charge in [0, 0.05) is 11.1 Å². The predicted molar refractivity (Wildman–Crippen MR) is 63.5 cm³/mol. The van der Waals surface area contributed by atoms with Crippen LogP contribution in [-0.2, 0) is 16.0 Å². The van der Waals surface area contributed by atoms with E-state index in [2.05, 4.69) is 0 Å². The highest BCUT2D eigenvalue weighted by Crippen LogP contribution is 2.31. The summed E-state index contributed by atoms with van der Waals surface area (Å²) in [5.74, 6) is -0.494. The van der Waals surface area contributed by atoms with Crippen molar-refractivity contribution in [3.8, 4) is 0 Å². The molecule has 0 fully saturated rings. The minimum absolute atomic E-state index is 0.0624. The Bertz CT molecular complexity index is 462. The molecule has 1 rings (SSSR count). The Balaban J connectivity index is 3.03. The van der Waals surface area contributed by atoms with Gasteiger partial charge in [0.1, 0.15) is 5.02 Å². The summed E-state index contributed by atoms with van der Waals surface area (Å²) < 4.78 is 4.73. The zero-order valence-electron chi connectivity index (χ0n) is 8.91. The molecule has 0 aliphatic rings. The molecular weight excluding hydrogens is 269 g/mol. The highest BCUT2D eigenvalue weighted by Gasteiger charge is 2.18. The lowest BCUT2D eigenvalue weighted by Gasteiger charge is -2.05. The van der Waals surface area contributed by atoms with Gasteiger partial charge in [-0.15, -0.1) is 0 Å². The number of esters is 1. The Hall–Kier alpha value is -1.33. The normalized spacial score (nSPS) is 10.1. The molecule has 0 atom stereocenters. The van der Waals surface area contributed by atoms with Crippen molar-refractivity contribution in [3.63, 3.8) is 0 Å². The summed E-state index contributed by atoms with van der Waals surface area (Å²) in [6.07, 6.45) is -0.120. The summed E-state index contributed by atoms with van der Waals surface area (Å²) in [4.78, 5) is 21.3. The maximum atomic E-state index is 11.2. The van der Waals surface area contributed by atoms with Crippen LogP contribution in [0.4, 0.5) is 5.69 Å². The van der Waals surface area contributed by atoms with Gasteiger partial charge < -0.3 is 4.74 Å². The number of nitro groups is 1. The second-order valence-electron chi connectivity index (χ2n) is 3.13. The van der Waals surface area contributed by atoms with E-state index in [0.29, 0.717) is 5.56 Å². The first-order valence-electron chi connectivity index (χ1n) is 4.73. The lowest BCUT2D eigenvalue weighted by molar-refractivity contribution is -0.384. The second kappa shape index (κ2) is 5.84. The average Bonchev–Trinajstić information content (AvgIpc) is 2.21.